The van der Waals surface area contributed by atoms with Gasteiger partial charge in [-0.05, 0) is 36.6 Å². The number of halogens is 1. The maximum Gasteiger partial charge on any atom is 0.234 e. The molecule has 2 aliphatic rings. The molecular formula is C24H26ClN3O3S. The Morgan fingerprint density at radius 3 is 2.69 bits per heavy atom. The highest BCUT2D eigenvalue weighted by molar-refractivity contribution is 7.91. The van der Waals surface area contributed by atoms with E-state index in [1.54, 1.807) is 0 Å². The number of aromatic nitrogens is 1. The van der Waals surface area contributed by atoms with Crippen molar-refractivity contribution < 1.29 is 13.2 Å². The average Bonchev–Trinajstić information content (AvgIpc) is 3.30. The SMILES string of the molecule is C[C@@H]1c2[nH]c3ccccc3c2[C@H](c2ccccc2Cl)CN1CC(=O)N[C@@H]1CCS(=O)(=O)C1. The molecule has 5 rings (SSSR count). The van der Waals surface area contributed by atoms with E-state index in [9.17, 15) is 13.2 Å². The first kappa shape index (κ1) is 21.5. The Labute approximate surface area is 192 Å². The standard InChI is InChI=1S/C24H26ClN3O3S/c1-15-24-23(18-7-3-5-9-21(18)27-24)19(17-6-2-4-8-20(17)25)12-28(15)13-22(29)26-16-10-11-32(30,31)14-16/h2-9,15-16,19,27H,10-14H2,1H3,(H,26,29)/t15-,16-,19+/m1/s1. The number of hydrogen-bond acceptors (Lipinski definition) is 4. The molecule has 3 heterocycles. The lowest BCUT2D eigenvalue weighted by molar-refractivity contribution is -0.123. The van der Waals surface area contributed by atoms with Gasteiger partial charge in [0.15, 0.2) is 9.84 Å². The highest BCUT2D eigenvalue weighted by Crippen LogP contribution is 2.44. The lowest BCUT2D eigenvalue weighted by atomic mass is 9.83. The summed E-state index contributed by atoms with van der Waals surface area (Å²) >= 11 is 6.61. The molecule has 0 bridgehead atoms. The summed E-state index contributed by atoms with van der Waals surface area (Å²) in [7, 11) is -3.04. The van der Waals surface area contributed by atoms with Crippen LogP contribution in [-0.2, 0) is 14.6 Å². The Kier molecular flexibility index (Phi) is 5.51. The molecule has 2 aliphatic heterocycles. The number of fused-ring (bicyclic) bond motifs is 3. The molecule has 2 N–H and O–H groups in total. The van der Waals surface area contributed by atoms with Crippen LogP contribution in [0.3, 0.4) is 0 Å². The fourth-order valence-corrected chi connectivity index (χ4v) is 7.08. The van der Waals surface area contributed by atoms with Gasteiger partial charge in [0.25, 0.3) is 0 Å². The van der Waals surface area contributed by atoms with Crippen molar-refractivity contribution in [3.05, 3.63) is 70.4 Å². The van der Waals surface area contributed by atoms with Crippen LogP contribution in [0.4, 0.5) is 0 Å². The van der Waals surface area contributed by atoms with Crippen molar-refractivity contribution in [2.75, 3.05) is 24.6 Å². The largest absolute Gasteiger partial charge is 0.357 e. The number of sulfone groups is 1. The molecule has 0 unspecified atom stereocenters. The number of para-hydroxylation sites is 1. The van der Waals surface area contributed by atoms with Crippen molar-refractivity contribution in [1.29, 1.82) is 0 Å². The topological polar surface area (TPSA) is 82.3 Å². The Balaban J connectivity index is 1.47. The number of rotatable bonds is 4. The van der Waals surface area contributed by atoms with Gasteiger partial charge < -0.3 is 10.3 Å². The van der Waals surface area contributed by atoms with Gasteiger partial charge in [-0.15, -0.1) is 0 Å². The number of amides is 1. The van der Waals surface area contributed by atoms with Crippen LogP contribution >= 0.6 is 11.6 Å². The van der Waals surface area contributed by atoms with Gasteiger partial charge >= 0.3 is 0 Å². The molecule has 3 atom stereocenters. The number of nitrogens with one attached hydrogen (secondary N) is 2. The van der Waals surface area contributed by atoms with E-state index in [0.29, 0.717) is 18.0 Å². The zero-order chi connectivity index (χ0) is 22.5. The summed E-state index contributed by atoms with van der Waals surface area (Å²) in [6.45, 7) is 2.95. The third-order valence-electron chi connectivity index (χ3n) is 6.73. The van der Waals surface area contributed by atoms with Crippen molar-refractivity contribution in [2.24, 2.45) is 0 Å². The second kappa shape index (κ2) is 8.21. The molecule has 2 aromatic carbocycles. The van der Waals surface area contributed by atoms with Gasteiger partial charge in [-0.3, -0.25) is 9.69 Å². The first-order valence-electron chi connectivity index (χ1n) is 10.9. The third kappa shape index (κ3) is 3.93. The molecule has 168 valence electrons. The quantitative estimate of drug-likeness (QED) is 0.608. The summed E-state index contributed by atoms with van der Waals surface area (Å²) in [5.41, 5.74) is 4.45. The predicted octanol–water partition coefficient (Wildman–Crippen LogP) is 3.63. The fourth-order valence-electron chi connectivity index (χ4n) is 5.14. The number of carbonyl (C=O) groups excluding carboxylic acids is 1. The molecule has 0 spiro atoms. The van der Waals surface area contributed by atoms with Gasteiger partial charge in [-0.25, -0.2) is 8.42 Å². The van der Waals surface area contributed by atoms with Gasteiger partial charge in [-0.2, -0.15) is 0 Å². The molecule has 6 nitrogen and oxygen atoms in total. The number of H-pyrrole nitrogens is 1. The maximum absolute atomic E-state index is 12.8. The molecule has 0 aliphatic carbocycles. The minimum absolute atomic E-state index is 0.00852. The van der Waals surface area contributed by atoms with E-state index in [0.717, 1.165) is 16.8 Å². The van der Waals surface area contributed by atoms with Gasteiger partial charge in [0, 0.05) is 46.2 Å². The summed E-state index contributed by atoms with van der Waals surface area (Å²) in [6.07, 6.45) is 0.484. The number of benzene rings is 2. The summed E-state index contributed by atoms with van der Waals surface area (Å²) in [5, 5.41) is 4.81. The normalized spacial score (nSPS) is 25.0. The van der Waals surface area contributed by atoms with Crippen LogP contribution in [-0.4, -0.2) is 54.8 Å². The number of carbonyl (C=O) groups is 1. The lowest BCUT2D eigenvalue weighted by Gasteiger charge is -2.38. The third-order valence-corrected chi connectivity index (χ3v) is 8.84. The van der Waals surface area contributed by atoms with Crippen LogP contribution in [0, 0.1) is 0 Å². The molecule has 1 amide bonds. The van der Waals surface area contributed by atoms with Gasteiger partial charge in [0.2, 0.25) is 5.91 Å². The van der Waals surface area contributed by atoms with Crippen LogP contribution in [0.1, 0.15) is 42.1 Å². The molecule has 1 saturated heterocycles. The van der Waals surface area contributed by atoms with Gasteiger partial charge in [-0.1, -0.05) is 48.0 Å². The molecule has 32 heavy (non-hydrogen) atoms. The molecule has 1 aromatic heterocycles. The van der Waals surface area contributed by atoms with Crippen LogP contribution < -0.4 is 5.32 Å². The number of nitrogens with zero attached hydrogens (tertiary/aromatic N) is 1. The van der Waals surface area contributed by atoms with Crippen LogP contribution in [0.15, 0.2) is 48.5 Å². The average molecular weight is 472 g/mol. The minimum Gasteiger partial charge on any atom is -0.357 e. The summed E-state index contributed by atoms with van der Waals surface area (Å²) < 4.78 is 23.5. The Morgan fingerprint density at radius 2 is 1.94 bits per heavy atom. The van der Waals surface area contributed by atoms with Crippen molar-refractivity contribution in [1.82, 2.24) is 15.2 Å². The zero-order valence-electron chi connectivity index (χ0n) is 17.8. The lowest BCUT2D eigenvalue weighted by Crippen LogP contribution is -2.46. The molecule has 0 radical (unpaired) electrons. The Hall–Kier alpha value is -2.35. The second-order valence-corrected chi connectivity index (χ2v) is 11.5. The smallest absolute Gasteiger partial charge is 0.234 e. The monoisotopic (exact) mass is 471 g/mol. The highest BCUT2D eigenvalue weighted by Gasteiger charge is 2.37. The summed E-state index contributed by atoms with van der Waals surface area (Å²) in [5.74, 6) is 0.0514. The van der Waals surface area contributed by atoms with E-state index < -0.39 is 9.84 Å². The van der Waals surface area contributed by atoms with Gasteiger partial charge in [0.1, 0.15) is 0 Å². The van der Waals surface area contributed by atoms with E-state index in [2.05, 4.69) is 40.3 Å². The summed E-state index contributed by atoms with van der Waals surface area (Å²) in [4.78, 5) is 18.6. The van der Waals surface area contributed by atoms with Crippen molar-refractivity contribution in [3.8, 4) is 0 Å². The molecular weight excluding hydrogens is 446 g/mol. The van der Waals surface area contributed by atoms with E-state index in [1.165, 1.54) is 10.9 Å². The van der Waals surface area contributed by atoms with E-state index >= 15 is 0 Å². The van der Waals surface area contributed by atoms with E-state index in [-0.39, 0.29) is 42.0 Å². The number of hydrogen-bond donors (Lipinski definition) is 2. The first-order valence-corrected chi connectivity index (χ1v) is 13.1. The second-order valence-electron chi connectivity index (χ2n) is 8.84. The van der Waals surface area contributed by atoms with Crippen LogP contribution in [0.25, 0.3) is 10.9 Å². The van der Waals surface area contributed by atoms with Gasteiger partial charge in [0.05, 0.1) is 18.1 Å². The fraction of sp³-hybridized carbons (Fsp3) is 0.375. The molecule has 8 heteroatoms. The predicted molar refractivity (Wildman–Crippen MR) is 127 cm³/mol. The Morgan fingerprint density at radius 1 is 1.19 bits per heavy atom. The number of aromatic amines is 1. The molecule has 3 aromatic rings. The zero-order valence-corrected chi connectivity index (χ0v) is 19.4. The van der Waals surface area contributed by atoms with Crippen LogP contribution in [0.2, 0.25) is 5.02 Å². The molecule has 1 fully saturated rings. The summed E-state index contributed by atoms with van der Waals surface area (Å²) in [6, 6.07) is 15.8. The van der Waals surface area contributed by atoms with Crippen molar-refractivity contribution >= 4 is 38.2 Å². The molecule has 0 saturated carbocycles. The van der Waals surface area contributed by atoms with E-state index in [1.807, 2.05) is 30.3 Å². The van der Waals surface area contributed by atoms with Crippen molar-refractivity contribution in [2.45, 2.75) is 31.3 Å². The first-order chi connectivity index (χ1) is 15.3. The van der Waals surface area contributed by atoms with Crippen LogP contribution in [0.5, 0.6) is 0 Å². The van der Waals surface area contributed by atoms with Crippen molar-refractivity contribution in [3.63, 3.8) is 0 Å². The maximum atomic E-state index is 12.8. The minimum atomic E-state index is -3.04. The van der Waals surface area contributed by atoms with E-state index in [4.69, 9.17) is 11.6 Å². The Bertz CT molecular complexity index is 1290. The highest BCUT2D eigenvalue weighted by atomic mass is 35.5.